The number of halogens is 2. The minimum absolute atomic E-state index is 0.0815. The molecule has 0 saturated heterocycles. The van der Waals surface area contributed by atoms with Gasteiger partial charge in [-0.25, -0.2) is 0 Å². The second-order valence-corrected chi connectivity index (χ2v) is 6.52. The predicted molar refractivity (Wildman–Crippen MR) is 89.9 cm³/mol. The number of unbranched alkanes of at least 4 members (excludes halogenated alkanes) is 2. The Hall–Kier alpha value is -0.290. The fourth-order valence-electron chi connectivity index (χ4n) is 1.94. The van der Waals surface area contributed by atoms with E-state index in [0.29, 0.717) is 10.6 Å². The molecule has 0 aromatic heterocycles. The first-order valence-corrected chi connectivity index (χ1v) is 8.19. The highest BCUT2D eigenvalue weighted by Gasteiger charge is 2.20. The van der Waals surface area contributed by atoms with Gasteiger partial charge in [-0.1, -0.05) is 31.4 Å². The number of hydrogen-bond acceptors (Lipinski definition) is 1. The zero-order valence-electron chi connectivity index (χ0n) is 11.7. The molecule has 0 bridgehead atoms. The highest BCUT2D eigenvalue weighted by atomic mass is 127. The highest BCUT2D eigenvalue weighted by Crippen LogP contribution is 2.20. The number of hydrogen-bond donors (Lipinski definition) is 0. The van der Waals surface area contributed by atoms with Crippen molar-refractivity contribution in [1.82, 2.24) is 4.90 Å². The second kappa shape index (κ2) is 8.10. The molecule has 0 radical (unpaired) electrons. The van der Waals surface area contributed by atoms with Crippen LogP contribution in [-0.4, -0.2) is 23.4 Å². The molecule has 0 aliphatic heterocycles. The van der Waals surface area contributed by atoms with Gasteiger partial charge in [0.05, 0.1) is 5.56 Å². The van der Waals surface area contributed by atoms with Crippen LogP contribution in [0.1, 0.15) is 50.4 Å². The molecule has 0 aliphatic carbocycles. The molecular formula is C15H21ClINO. The summed E-state index contributed by atoms with van der Waals surface area (Å²) >= 11 is 8.19. The van der Waals surface area contributed by atoms with Crippen molar-refractivity contribution < 1.29 is 4.79 Å². The number of carbonyl (C=O) groups excluding carboxylic acids is 1. The topological polar surface area (TPSA) is 20.3 Å². The van der Waals surface area contributed by atoms with E-state index in [1.165, 1.54) is 0 Å². The zero-order chi connectivity index (χ0) is 14.4. The standard InChI is InChI=1S/C15H21ClINO/c1-4-5-6-9-18(11(2)3)15(19)13-10-12(16)7-8-14(13)17/h7-8,10-11H,4-6,9H2,1-3H3. The van der Waals surface area contributed by atoms with Crippen molar-refractivity contribution in [3.05, 3.63) is 32.4 Å². The first kappa shape index (κ1) is 16.8. The molecule has 19 heavy (non-hydrogen) atoms. The summed E-state index contributed by atoms with van der Waals surface area (Å²) in [6, 6.07) is 5.68. The molecule has 0 heterocycles. The maximum Gasteiger partial charge on any atom is 0.255 e. The monoisotopic (exact) mass is 393 g/mol. The van der Waals surface area contributed by atoms with Gasteiger partial charge in [-0.3, -0.25) is 4.79 Å². The van der Waals surface area contributed by atoms with Crippen LogP contribution in [0.15, 0.2) is 18.2 Å². The summed E-state index contributed by atoms with van der Waals surface area (Å²) in [6.45, 7) is 7.09. The van der Waals surface area contributed by atoms with Crippen LogP contribution < -0.4 is 0 Å². The third kappa shape index (κ3) is 4.95. The van der Waals surface area contributed by atoms with Gasteiger partial charge in [0.15, 0.2) is 0 Å². The SMILES string of the molecule is CCCCCN(C(=O)c1cc(Cl)ccc1I)C(C)C. The molecule has 0 aliphatic rings. The van der Waals surface area contributed by atoms with Gasteiger partial charge in [-0.15, -0.1) is 0 Å². The van der Waals surface area contributed by atoms with Gasteiger partial charge in [-0.05, 0) is 61.1 Å². The Balaban J connectivity index is 2.89. The first-order valence-electron chi connectivity index (χ1n) is 6.73. The average molecular weight is 394 g/mol. The fourth-order valence-corrected chi connectivity index (χ4v) is 2.68. The summed E-state index contributed by atoms with van der Waals surface area (Å²) in [5, 5.41) is 0.612. The molecule has 1 rings (SSSR count). The second-order valence-electron chi connectivity index (χ2n) is 4.92. The first-order chi connectivity index (χ1) is 8.97. The van der Waals surface area contributed by atoms with Crippen molar-refractivity contribution in [3.63, 3.8) is 0 Å². The zero-order valence-corrected chi connectivity index (χ0v) is 14.7. The van der Waals surface area contributed by atoms with E-state index in [1.807, 2.05) is 17.0 Å². The minimum Gasteiger partial charge on any atom is -0.336 e. The summed E-state index contributed by atoms with van der Waals surface area (Å²) in [4.78, 5) is 14.6. The average Bonchev–Trinajstić information content (AvgIpc) is 2.36. The summed E-state index contributed by atoms with van der Waals surface area (Å²) in [5.41, 5.74) is 0.707. The van der Waals surface area contributed by atoms with Crippen molar-refractivity contribution in [2.45, 2.75) is 46.1 Å². The van der Waals surface area contributed by atoms with Crippen molar-refractivity contribution in [2.75, 3.05) is 6.54 Å². The van der Waals surface area contributed by atoms with E-state index in [4.69, 9.17) is 11.6 Å². The number of nitrogens with zero attached hydrogens (tertiary/aromatic N) is 1. The van der Waals surface area contributed by atoms with Gasteiger partial charge in [0.25, 0.3) is 5.91 Å². The minimum atomic E-state index is 0.0815. The molecule has 0 unspecified atom stereocenters. The van der Waals surface area contributed by atoms with Gasteiger partial charge < -0.3 is 4.90 Å². The lowest BCUT2D eigenvalue weighted by Gasteiger charge is -2.27. The molecule has 1 aromatic carbocycles. The normalized spacial score (nSPS) is 10.8. The van der Waals surface area contributed by atoms with Crippen LogP contribution in [-0.2, 0) is 0 Å². The summed E-state index contributed by atoms with van der Waals surface area (Å²) in [5.74, 6) is 0.0815. The molecule has 4 heteroatoms. The Morgan fingerprint density at radius 2 is 2.05 bits per heavy atom. The third-order valence-electron chi connectivity index (χ3n) is 3.05. The van der Waals surface area contributed by atoms with Crippen LogP contribution in [0, 0.1) is 3.57 Å². The van der Waals surface area contributed by atoms with E-state index in [1.54, 1.807) is 6.07 Å². The van der Waals surface area contributed by atoms with Gasteiger partial charge >= 0.3 is 0 Å². The van der Waals surface area contributed by atoms with Crippen LogP contribution >= 0.6 is 34.2 Å². The molecule has 0 fully saturated rings. The quantitative estimate of drug-likeness (QED) is 0.493. The molecule has 0 saturated carbocycles. The van der Waals surface area contributed by atoms with Crippen LogP contribution in [0.3, 0.4) is 0 Å². The van der Waals surface area contributed by atoms with E-state index >= 15 is 0 Å². The van der Waals surface area contributed by atoms with Crippen molar-refractivity contribution in [3.8, 4) is 0 Å². The lowest BCUT2D eigenvalue weighted by Crippen LogP contribution is -2.38. The van der Waals surface area contributed by atoms with Gasteiger partial charge in [0.2, 0.25) is 0 Å². The van der Waals surface area contributed by atoms with Gasteiger partial charge in [0, 0.05) is 21.2 Å². The molecule has 0 N–H and O–H groups in total. The van der Waals surface area contributed by atoms with Crippen molar-refractivity contribution in [1.29, 1.82) is 0 Å². The van der Waals surface area contributed by atoms with E-state index < -0.39 is 0 Å². The molecule has 2 nitrogen and oxygen atoms in total. The lowest BCUT2D eigenvalue weighted by molar-refractivity contribution is 0.0701. The summed E-state index contributed by atoms with van der Waals surface area (Å²) < 4.78 is 0.952. The molecule has 1 amide bonds. The Morgan fingerprint density at radius 1 is 1.37 bits per heavy atom. The van der Waals surface area contributed by atoms with Crippen LogP contribution in [0.25, 0.3) is 0 Å². The van der Waals surface area contributed by atoms with E-state index in [9.17, 15) is 4.79 Å². The fraction of sp³-hybridized carbons (Fsp3) is 0.533. The summed E-state index contributed by atoms with van der Waals surface area (Å²) in [7, 11) is 0. The van der Waals surface area contributed by atoms with Crippen molar-refractivity contribution >= 4 is 40.1 Å². The van der Waals surface area contributed by atoms with Crippen LogP contribution in [0.4, 0.5) is 0 Å². The van der Waals surface area contributed by atoms with Gasteiger partial charge in [0.1, 0.15) is 0 Å². The predicted octanol–water partition coefficient (Wildman–Crippen LogP) is 4.99. The van der Waals surface area contributed by atoms with Crippen molar-refractivity contribution in [2.24, 2.45) is 0 Å². The Bertz CT molecular complexity index is 434. The third-order valence-corrected chi connectivity index (χ3v) is 4.22. The Morgan fingerprint density at radius 3 is 2.63 bits per heavy atom. The maximum atomic E-state index is 12.6. The maximum absolute atomic E-state index is 12.6. The number of amides is 1. The highest BCUT2D eigenvalue weighted by molar-refractivity contribution is 14.1. The van der Waals surface area contributed by atoms with Crippen LogP contribution in [0.5, 0.6) is 0 Å². The number of carbonyl (C=O) groups is 1. The molecule has 1 aromatic rings. The Kier molecular flexibility index (Phi) is 7.15. The number of benzene rings is 1. The van der Waals surface area contributed by atoms with Gasteiger partial charge in [-0.2, -0.15) is 0 Å². The molecular weight excluding hydrogens is 373 g/mol. The number of rotatable bonds is 6. The van der Waals surface area contributed by atoms with E-state index in [2.05, 4.69) is 43.4 Å². The Labute approximate surface area is 134 Å². The van der Waals surface area contributed by atoms with Crippen LogP contribution in [0.2, 0.25) is 5.02 Å². The largest absolute Gasteiger partial charge is 0.336 e. The summed E-state index contributed by atoms with van der Waals surface area (Å²) in [6.07, 6.45) is 3.37. The smallest absolute Gasteiger partial charge is 0.255 e. The van der Waals surface area contributed by atoms with E-state index in [0.717, 1.165) is 29.4 Å². The lowest BCUT2D eigenvalue weighted by atomic mass is 10.1. The molecule has 106 valence electrons. The molecule has 0 spiro atoms. The van der Waals surface area contributed by atoms with E-state index in [-0.39, 0.29) is 11.9 Å². The molecule has 0 atom stereocenters.